The van der Waals surface area contributed by atoms with Gasteiger partial charge in [0.1, 0.15) is 17.3 Å². The maximum atomic E-state index is 12.3. The number of carbonyl (C=O) groups excluding carboxylic acids is 3. The van der Waals surface area contributed by atoms with Crippen molar-refractivity contribution in [3.8, 4) is 5.75 Å². The normalized spacial score (nSPS) is 10.8. The fourth-order valence-corrected chi connectivity index (χ4v) is 3.66. The number of hydrogen-bond donors (Lipinski definition) is 0. The van der Waals surface area contributed by atoms with E-state index >= 15 is 0 Å². The Bertz CT molecular complexity index is 851. The molecule has 0 saturated carbocycles. The van der Waals surface area contributed by atoms with Crippen LogP contribution in [0.2, 0.25) is 0 Å². The van der Waals surface area contributed by atoms with Gasteiger partial charge < -0.3 is 4.74 Å². The number of ether oxygens (including phenoxy) is 1. The summed E-state index contributed by atoms with van der Waals surface area (Å²) in [5, 5.41) is 0. The first-order valence-corrected chi connectivity index (χ1v) is 11.4. The topological polar surface area (TPSA) is 60.4 Å². The van der Waals surface area contributed by atoms with Gasteiger partial charge in [-0.3, -0.25) is 9.59 Å². The lowest BCUT2D eigenvalue weighted by Gasteiger charge is -2.12. The zero-order valence-corrected chi connectivity index (χ0v) is 19.0. The van der Waals surface area contributed by atoms with Gasteiger partial charge in [-0.25, -0.2) is 4.79 Å². The van der Waals surface area contributed by atoms with Crippen LogP contribution in [0.15, 0.2) is 48.5 Å². The van der Waals surface area contributed by atoms with Crippen molar-refractivity contribution in [2.24, 2.45) is 5.92 Å². The fourth-order valence-electron chi connectivity index (χ4n) is 3.66. The Hall–Kier alpha value is -2.75. The third kappa shape index (κ3) is 7.78. The molecule has 0 aliphatic heterocycles. The number of para-hydroxylation sites is 1. The highest BCUT2D eigenvalue weighted by Gasteiger charge is 2.22. The number of unbranched alkanes of at least 4 members (excludes halogenated alkanes) is 3. The van der Waals surface area contributed by atoms with Gasteiger partial charge in [0, 0.05) is 12.8 Å². The summed E-state index contributed by atoms with van der Waals surface area (Å²) in [5.74, 6) is -0.0125. The zero-order chi connectivity index (χ0) is 22.6. The Kier molecular flexibility index (Phi) is 10.2. The lowest BCUT2D eigenvalue weighted by molar-refractivity contribution is -0.132. The first-order valence-electron chi connectivity index (χ1n) is 11.4. The van der Waals surface area contributed by atoms with E-state index in [0.29, 0.717) is 30.6 Å². The molecule has 0 aliphatic carbocycles. The van der Waals surface area contributed by atoms with Crippen molar-refractivity contribution in [3.05, 3.63) is 65.2 Å². The van der Waals surface area contributed by atoms with Gasteiger partial charge in [0.15, 0.2) is 0 Å². The molecule has 0 aromatic heterocycles. The molecule has 0 atom stereocenters. The third-order valence-corrected chi connectivity index (χ3v) is 5.67. The predicted molar refractivity (Wildman–Crippen MR) is 123 cm³/mol. The van der Waals surface area contributed by atoms with Crippen molar-refractivity contribution in [1.82, 2.24) is 0 Å². The summed E-state index contributed by atoms with van der Waals surface area (Å²) in [4.78, 5) is 36.2. The summed E-state index contributed by atoms with van der Waals surface area (Å²) in [7, 11) is 0. The van der Waals surface area contributed by atoms with Gasteiger partial charge in [-0.1, -0.05) is 63.4 Å². The Balaban J connectivity index is 1.72. The molecule has 0 N–H and O–H groups in total. The van der Waals surface area contributed by atoms with Gasteiger partial charge >= 0.3 is 5.97 Å². The number of Topliss-reactive ketones (excluding diaryl/α,β-unsaturated/α-hetero) is 2. The zero-order valence-electron chi connectivity index (χ0n) is 19.0. The van der Waals surface area contributed by atoms with E-state index in [9.17, 15) is 14.4 Å². The first kappa shape index (κ1) is 24.5. The molecule has 0 spiro atoms. The molecule has 2 aromatic rings. The maximum Gasteiger partial charge on any atom is 0.343 e. The second kappa shape index (κ2) is 12.8. The van der Waals surface area contributed by atoms with Crippen LogP contribution in [0, 0.1) is 12.8 Å². The molecule has 0 fully saturated rings. The van der Waals surface area contributed by atoms with E-state index in [0.717, 1.165) is 37.7 Å². The molecule has 2 rings (SSSR count). The van der Waals surface area contributed by atoms with Crippen LogP contribution in [0.4, 0.5) is 0 Å². The minimum atomic E-state index is -0.401. The lowest BCUT2D eigenvalue weighted by atomic mass is 9.90. The van der Waals surface area contributed by atoms with Crippen molar-refractivity contribution in [1.29, 1.82) is 0 Å². The van der Waals surface area contributed by atoms with Gasteiger partial charge in [0.25, 0.3) is 0 Å². The second-order valence-corrected chi connectivity index (χ2v) is 8.00. The summed E-state index contributed by atoms with van der Waals surface area (Å²) < 4.78 is 5.48. The molecule has 0 saturated heterocycles. The number of ketones is 2. The van der Waals surface area contributed by atoms with Crippen molar-refractivity contribution >= 4 is 17.5 Å². The van der Waals surface area contributed by atoms with Crippen molar-refractivity contribution in [3.63, 3.8) is 0 Å². The number of esters is 1. The minimum Gasteiger partial charge on any atom is -0.423 e. The van der Waals surface area contributed by atoms with E-state index in [1.807, 2.05) is 63.2 Å². The monoisotopic (exact) mass is 422 g/mol. The van der Waals surface area contributed by atoms with E-state index in [1.54, 1.807) is 6.07 Å². The minimum absolute atomic E-state index is 0.0768. The van der Waals surface area contributed by atoms with Crippen molar-refractivity contribution < 1.29 is 19.1 Å². The molecule has 31 heavy (non-hydrogen) atoms. The highest BCUT2D eigenvalue weighted by atomic mass is 16.5. The van der Waals surface area contributed by atoms with Crippen molar-refractivity contribution in [2.45, 2.75) is 72.1 Å². The molecule has 4 nitrogen and oxygen atoms in total. The highest BCUT2D eigenvalue weighted by molar-refractivity contribution is 6.02. The Morgan fingerprint density at radius 1 is 0.806 bits per heavy atom. The van der Waals surface area contributed by atoms with E-state index in [2.05, 4.69) is 0 Å². The largest absolute Gasteiger partial charge is 0.423 e. The molecule has 0 bridgehead atoms. The van der Waals surface area contributed by atoms with Crippen LogP contribution in [-0.2, 0) is 16.0 Å². The molecule has 4 heteroatoms. The summed E-state index contributed by atoms with van der Waals surface area (Å²) in [6.07, 6.45) is 6.52. The van der Waals surface area contributed by atoms with Gasteiger partial charge in [0.2, 0.25) is 0 Å². The van der Waals surface area contributed by atoms with E-state index in [-0.39, 0.29) is 17.5 Å². The Labute approximate surface area is 186 Å². The number of carbonyl (C=O) groups is 3. The van der Waals surface area contributed by atoms with Crippen LogP contribution in [0.3, 0.4) is 0 Å². The Morgan fingerprint density at radius 3 is 2.03 bits per heavy atom. The molecule has 0 aliphatic rings. The fraction of sp³-hybridized carbons (Fsp3) is 0.444. The van der Waals surface area contributed by atoms with E-state index in [4.69, 9.17) is 4.74 Å². The van der Waals surface area contributed by atoms with Crippen LogP contribution in [0.5, 0.6) is 5.75 Å². The molecule has 2 aromatic carbocycles. The molecular formula is C27H34O4. The van der Waals surface area contributed by atoms with Crippen LogP contribution in [0.25, 0.3) is 0 Å². The molecule has 0 amide bonds. The van der Waals surface area contributed by atoms with Crippen LogP contribution >= 0.6 is 0 Å². The first-order chi connectivity index (χ1) is 15.0. The van der Waals surface area contributed by atoms with Crippen molar-refractivity contribution in [2.75, 3.05) is 0 Å². The van der Waals surface area contributed by atoms with Gasteiger partial charge in [0.05, 0.1) is 11.5 Å². The number of benzene rings is 2. The quantitative estimate of drug-likeness (QED) is 0.165. The van der Waals surface area contributed by atoms with Gasteiger partial charge in [-0.05, 0) is 55.5 Å². The Morgan fingerprint density at radius 2 is 1.42 bits per heavy atom. The number of aryl methyl sites for hydroxylation is 2. The van der Waals surface area contributed by atoms with Crippen LogP contribution < -0.4 is 4.74 Å². The van der Waals surface area contributed by atoms with Gasteiger partial charge in [-0.15, -0.1) is 0 Å². The average molecular weight is 423 g/mol. The average Bonchev–Trinajstić information content (AvgIpc) is 2.79. The number of hydrogen-bond acceptors (Lipinski definition) is 4. The van der Waals surface area contributed by atoms with E-state index < -0.39 is 5.92 Å². The predicted octanol–water partition coefficient (Wildman–Crippen LogP) is 6.28. The molecule has 166 valence electrons. The molecule has 0 radical (unpaired) electrons. The summed E-state index contributed by atoms with van der Waals surface area (Å²) in [6.45, 7) is 5.56. The molecule has 0 heterocycles. The summed E-state index contributed by atoms with van der Waals surface area (Å²) in [5.41, 5.74) is 2.66. The smallest absolute Gasteiger partial charge is 0.343 e. The molecular weight excluding hydrogens is 388 g/mol. The summed E-state index contributed by atoms with van der Waals surface area (Å²) >= 11 is 0. The number of rotatable bonds is 13. The molecule has 0 unspecified atom stereocenters. The summed E-state index contributed by atoms with van der Waals surface area (Å²) in [6, 6.07) is 15.0. The standard InChI is InChI=1S/C27H34O4/c1-4-24(28)23(25(29)5-2)14-9-7-6-8-13-21-16-18-22(19-17-21)27(30)31-26-15-11-10-12-20(26)3/h10-12,15-19,23H,4-9,13-14H2,1-3H3. The van der Waals surface area contributed by atoms with E-state index in [1.165, 1.54) is 5.56 Å². The van der Waals surface area contributed by atoms with Crippen LogP contribution in [0.1, 0.15) is 80.3 Å². The maximum absolute atomic E-state index is 12.3. The SMILES string of the molecule is CCC(=O)C(CCCCCCc1ccc(C(=O)Oc2ccccc2C)cc1)C(=O)CC. The third-order valence-electron chi connectivity index (χ3n) is 5.67. The lowest BCUT2D eigenvalue weighted by Crippen LogP contribution is -2.22. The highest BCUT2D eigenvalue weighted by Crippen LogP contribution is 2.19. The van der Waals surface area contributed by atoms with Crippen LogP contribution in [-0.4, -0.2) is 17.5 Å². The van der Waals surface area contributed by atoms with Gasteiger partial charge in [-0.2, -0.15) is 0 Å². The second-order valence-electron chi connectivity index (χ2n) is 8.00.